The van der Waals surface area contributed by atoms with Crippen LogP contribution in [0.1, 0.15) is 20.3 Å². The second-order valence-corrected chi connectivity index (χ2v) is 4.02. The molecule has 0 radical (unpaired) electrons. The van der Waals surface area contributed by atoms with Gasteiger partial charge in [0.25, 0.3) is 0 Å². The first kappa shape index (κ1) is 14.9. The lowest BCUT2D eigenvalue weighted by Crippen LogP contribution is -2.25. The number of rotatable bonds is 9. The predicted molar refractivity (Wildman–Crippen MR) is 62.9 cm³/mol. The molecule has 0 amide bonds. The largest absolute Gasteiger partial charge is 0.394 e. The molecule has 0 aromatic rings. The second-order valence-electron chi connectivity index (χ2n) is 3.04. The van der Waals surface area contributed by atoms with Crippen molar-refractivity contribution in [1.29, 1.82) is 0 Å². The number of ether oxygens (including phenoxy) is 1. The predicted octanol–water partition coefficient (Wildman–Crippen LogP) is 0.944. The number of carbonyl (C=O) groups excluding carboxylic acids is 1. The number of carbonyl (C=O) groups is 1. The van der Waals surface area contributed by atoms with Crippen molar-refractivity contribution >= 4 is 16.9 Å². The first-order valence-corrected chi connectivity index (χ1v) is 6.29. The van der Waals surface area contributed by atoms with Crippen molar-refractivity contribution in [3.8, 4) is 0 Å². The molecule has 0 saturated carbocycles. The molecule has 0 aliphatic rings. The van der Waals surface area contributed by atoms with E-state index in [2.05, 4.69) is 18.7 Å². The van der Waals surface area contributed by atoms with Crippen molar-refractivity contribution in [3.63, 3.8) is 0 Å². The number of thioether (sulfide) groups is 1. The maximum absolute atomic E-state index is 11.3. The Morgan fingerprint density at radius 2 is 2.07 bits per heavy atom. The Hall–Kier alpha value is -0.100. The minimum Gasteiger partial charge on any atom is -0.394 e. The van der Waals surface area contributed by atoms with Crippen molar-refractivity contribution in [2.24, 2.45) is 0 Å². The quantitative estimate of drug-likeness (QED) is 0.476. The van der Waals surface area contributed by atoms with Crippen LogP contribution in [0.25, 0.3) is 0 Å². The third-order valence-electron chi connectivity index (χ3n) is 2.07. The Morgan fingerprint density at radius 3 is 2.60 bits per heavy atom. The fourth-order valence-corrected chi connectivity index (χ4v) is 1.66. The van der Waals surface area contributed by atoms with Crippen LogP contribution in [0.15, 0.2) is 0 Å². The fraction of sp³-hybridized carbons (Fsp3) is 0.900. The minimum atomic E-state index is 0.00813. The van der Waals surface area contributed by atoms with Crippen LogP contribution < -0.4 is 0 Å². The smallest absolute Gasteiger partial charge is 0.192 e. The summed E-state index contributed by atoms with van der Waals surface area (Å²) in [6.07, 6.45) is 0.564. The highest BCUT2D eigenvalue weighted by molar-refractivity contribution is 8.13. The summed E-state index contributed by atoms with van der Waals surface area (Å²) < 4.78 is 4.99. The van der Waals surface area contributed by atoms with Gasteiger partial charge in [-0.05, 0) is 13.1 Å². The van der Waals surface area contributed by atoms with Gasteiger partial charge in [-0.3, -0.25) is 4.79 Å². The first-order valence-electron chi connectivity index (χ1n) is 5.31. The molecule has 0 aromatic heterocycles. The van der Waals surface area contributed by atoms with Gasteiger partial charge in [-0.15, -0.1) is 0 Å². The standard InChI is InChI=1S/C10H21NO3S/c1-3-11(4-2)6-5-10(13)15-9-14-8-7-12/h12H,3-9H2,1-2H3. The number of nitrogens with zero attached hydrogens (tertiary/aromatic N) is 1. The molecular weight excluding hydrogens is 214 g/mol. The molecule has 0 aliphatic heterocycles. The summed E-state index contributed by atoms with van der Waals surface area (Å²) in [5.74, 6) is 0.345. The van der Waals surface area contributed by atoms with Gasteiger partial charge in [0, 0.05) is 13.0 Å². The first-order chi connectivity index (χ1) is 7.24. The van der Waals surface area contributed by atoms with Gasteiger partial charge < -0.3 is 14.7 Å². The van der Waals surface area contributed by atoms with E-state index in [1.54, 1.807) is 0 Å². The summed E-state index contributed by atoms with van der Waals surface area (Å²) >= 11 is 1.18. The average Bonchev–Trinajstić information content (AvgIpc) is 2.26. The SMILES string of the molecule is CCN(CC)CCC(=O)SCOCCO. The molecule has 90 valence electrons. The third-order valence-corrected chi connectivity index (χ3v) is 2.88. The van der Waals surface area contributed by atoms with Crippen LogP contribution in [0, 0.1) is 0 Å². The van der Waals surface area contributed by atoms with Gasteiger partial charge in [-0.2, -0.15) is 0 Å². The van der Waals surface area contributed by atoms with Crippen LogP contribution in [0.5, 0.6) is 0 Å². The molecule has 0 saturated heterocycles. The molecule has 0 aliphatic carbocycles. The van der Waals surface area contributed by atoms with Crippen LogP contribution in [0.2, 0.25) is 0 Å². The van der Waals surface area contributed by atoms with Crippen LogP contribution in [-0.4, -0.2) is 53.9 Å². The van der Waals surface area contributed by atoms with Crippen LogP contribution in [0.3, 0.4) is 0 Å². The van der Waals surface area contributed by atoms with E-state index in [0.29, 0.717) is 19.0 Å². The number of aliphatic hydroxyl groups is 1. The van der Waals surface area contributed by atoms with Crippen LogP contribution in [-0.2, 0) is 9.53 Å². The lowest BCUT2D eigenvalue weighted by atomic mass is 10.4. The van der Waals surface area contributed by atoms with Gasteiger partial charge in [-0.25, -0.2) is 0 Å². The van der Waals surface area contributed by atoms with E-state index in [0.717, 1.165) is 19.6 Å². The van der Waals surface area contributed by atoms with Gasteiger partial charge in [-0.1, -0.05) is 25.6 Å². The molecule has 0 fully saturated rings. The Kier molecular flexibility index (Phi) is 10.3. The normalized spacial score (nSPS) is 10.9. The summed E-state index contributed by atoms with van der Waals surface area (Å²) in [4.78, 5) is 13.6. The van der Waals surface area contributed by atoms with Crippen LogP contribution >= 0.6 is 11.8 Å². The van der Waals surface area contributed by atoms with Crippen molar-refractivity contribution in [2.75, 3.05) is 38.8 Å². The number of hydrogen-bond acceptors (Lipinski definition) is 5. The molecule has 0 aromatic carbocycles. The van der Waals surface area contributed by atoms with Gasteiger partial charge in [0.05, 0.1) is 19.2 Å². The fourth-order valence-electron chi connectivity index (χ4n) is 1.09. The highest BCUT2D eigenvalue weighted by Gasteiger charge is 2.05. The summed E-state index contributed by atoms with van der Waals surface area (Å²) in [6.45, 7) is 7.27. The average molecular weight is 235 g/mol. The van der Waals surface area contributed by atoms with Gasteiger partial charge >= 0.3 is 0 Å². The molecular formula is C10H21NO3S. The summed E-state index contributed by atoms with van der Waals surface area (Å²) in [7, 11) is 0. The summed E-state index contributed by atoms with van der Waals surface area (Å²) in [5, 5.41) is 8.60. The van der Waals surface area contributed by atoms with Gasteiger partial charge in [0.15, 0.2) is 5.12 Å². The highest BCUT2D eigenvalue weighted by atomic mass is 32.2. The van der Waals surface area contributed by atoms with Gasteiger partial charge in [0.1, 0.15) is 0 Å². The molecule has 0 rings (SSSR count). The maximum atomic E-state index is 11.3. The third kappa shape index (κ3) is 8.87. The van der Waals surface area contributed by atoms with Crippen molar-refractivity contribution in [1.82, 2.24) is 4.90 Å². The molecule has 0 atom stereocenters. The molecule has 0 bridgehead atoms. The van der Waals surface area contributed by atoms with E-state index in [-0.39, 0.29) is 11.7 Å². The van der Waals surface area contributed by atoms with E-state index in [4.69, 9.17) is 9.84 Å². The maximum Gasteiger partial charge on any atom is 0.192 e. The highest BCUT2D eigenvalue weighted by Crippen LogP contribution is 2.06. The molecule has 0 spiro atoms. The van der Waals surface area contributed by atoms with E-state index >= 15 is 0 Å². The lowest BCUT2D eigenvalue weighted by molar-refractivity contribution is -0.111. The van der Waals surface area contributed by atoms with E-state index in [9.17, 15) is 4.79 Å². The van der Waals surface area contributed by atoms with E-state index in [1.165, 1.54) is 11.8 Å². The lowest BCUT2D eigenvalue weighted by Gasteiger charge is -2.16. The molecule has 4 nitrogen and oxygen atoms in total. The number of aliphatic hydroxyl groups excluding tert-OH is 1. The van der Waals surface area contributed by atoms with Crippen molar-refractivity contribution in [2.45, 2.75) is 20.3 Å². The topological polar surface area (TPSA) is 49.8 Å². The van der Waals surface area contributed by atoms with Crippen molar-refractivity contribution < 1.29 is 14.6 Å². The van der Waals surface area contributed by atoms with E-state index < -0.39 is 0 Å². The summed E-state index contributed by atoms with van der Waals surface area (Å²) in [5.41, 5.74) is 0. The Bertz CT molecular complexity index is 163. The van der Waals surface area contributed by atoms with E-state index in [1.807, 2.05) is 0 Å². The summed E-state index contributed by atoms with van der Waals surface area (Å²) in [6, 6.07) is 0. The van der Waals surface area contributed by atoms with Crippen molar-refractivity contribution in [3.05, 3.63) is 0 Å². The molecule has 5 heteroatoms. The van der Waals surface area contributed by atoms with Gasteiger partial charge in [0.2, 0.25) is 0 Å². The zero-order valence-electron chi connectivity index (χ0n) is 9.57. The Balaban J connectivity index is 3.40. The second kappa shape index (κ2) is 10.4. The zero-order chi connectivity index (χ0) is 11.5. The molecule has 1 N–H and O–H groups in total. The minimum absolute atomic E-state index is 0.00813. The Morgan fingerprint density at radius 1 is 1.40 bits per heavy atom. The monoisotopic (exact) mass is 235 g/mol. The molecule has 15 heavy (non-hydrogen) atoms. The Labute approximate surface area is 96.0 Å². The molecule has 0 unspecified atom stereocenters. The van der Waals surface area contributed by atoms with Crippen LogP contribution in [0.4, 0.5) is 0 Å². The zero-order valence-corrected chi connectivity index (χ0v) is 10.4. The molecule has 0 heterocycles. The number of hydrogen-bond donors (Lipinski definition) is 1.